The number of carbonyl (C=O) groups is 2. The van der Waals surface area contributed by atoms with Crippen LogP contribution in [-0.4, -0.2) is 44.7 Å². The molecule has 234 valence electrons. The molecule has 1 aliphatic carbocycles. The van der Waals surface area contributed by atoms with E-state index in [-0.39, 0.29) is 65.3 Å². The van der Waals surface area contributed by atoms with E-state index in [9.17, 15) is 23.5 Å². The number of ether oxygens (including phenoxy) is 2. The van der Waals surface area contributed by atoms with E-state index in [1.54, 1.807) is 24.3 Å². The van der Waals surface area contributed by atoms with Crippen LogP contribution in [0.3, 0.4) is 0 Å². The summed E-state index contributed by atoms with van der Waals surface area (Å²) in [6.07, 6.45) is 1.45. The van der Waals surface area contributed by atoms with Gasteiger partial charge in [-0.15, -0.1) is 0 Å². The molecule has 1 aliphatic heterocycles. The number of fused-ring (bicyclic) bond motifs is 2. The highest BCUT2D eigenvalue weighted by Crippen LogP contribution is 2.48. The number of hydrogen-bond acceptors (Lipinski definition) is 6. The van der Waals surface area contributed by atoms with Crippen LogP contribution >= 0.6 is 11.6 Å². The van der Waals surface area contributed by atoms with Crippen LogP contribution in [0.4, 0.5) is 13.2 Å². The minimum atomic E-state index is -1.16. The summed E-state index contributed by atoms with van der Waals surface area (Å²) in [7, 11) is 0. The van der Waals surface area contributed by atoms with E-state index in [1.807, 2.05) is 0 Å². The van der Waals surface area contributed by atoms with Gasteiger partial charge in [-0.3, -0.25) is 9.18 Å². The largest absolute Gasteiger partial charge is 0.492 e. The molecule has 3 aromatic carbocycles. The third-order valence-corrected chi connectivity index (χ3v) is 8.71. The fourth-order valence-electron chi connectivity index (χ4n) is 5.76. The molecule has 2 aliphatic rings. The van der Waals surface area contributed by atoms with E-state index < -0.39 is 35.5 Å². The van der Waals surface area contributed by atoms with Crippen molar-refractivity contribution in [2.24, 2.45) is 5.41 Å². The predicted molar refractivity (Wildman–Crippen MR) is 162 cm³/mol. The Morgan fingerprint density at radius 2 is 1.87 bits per heavy atom. The van der Waals surface area contributed by atoms with Crippen molar-refractivity contribution in [3.05, 3.63) is 105 Å². The number of rotatable bonds is 10. The van der Waals surface area contributed by atoms with Gasteiger partial charge < -0.3 is 19.1 Å². The van der Waals surface area contributed by atoms with Gasteiger partial charge in [0.25, 0.3) is 0 Å². The number of nitrogens with zero attached hydrogens (tertiary/aromatic N) is 3. The number of benzene rings is 3. The zero-order valence-electron chi connectivity index (χ0n) is 24.2. The van der Waals surface area contributed by atoms with Gasteiger partial charge in [-0.05, 0) is 55.3 Å². The third kappa shape index (κ3) is 5.34. The molecule has 5 aromatic rings. The van der Waals surface area contributed by atoms with Crippen LogP contribution in [0.1, 0.15) is 50.5 Å². The summed E-state index contributed by atoms with van der Waals surface area (Å²) in [4.78, 5) is 34.8. The highest BCUT2D eigenvalue weighted by molar-refractivity contribution is 6.30. The monoisotopic (exact) mass is 647 g/mol. The van der Waals surface area contributed by atoms with Crippen LogP contribution in [0.2, 0.25) is 5.02 Å². The normalized spacial score (nSPS) is 14.6. The van der Waals surface area contributed by atoms with Crippen LogP contribution in [0.5, 0.6) is 11.6 Å². The molecule has 0 radical (unpaired) electrons. The molecule has 12 heteroatoms. The van der Waals surface area contributed by atoms with Gasteiger partial charge >= 0.3 is 5.97 Å². The van der Waals surface area contributed by atoms with Crippen LogP contribution in [0, 0.1) is 17.0 Å². The van der Waals surface area contributed by atoms with Crippen molar-refractivity contribution < 1.29 is 37.3 Å². The average molecular weight is 648 g/mol. The van der Waals surface area contributed by atoms with Crippen molar-refractivity contribution in [2.75, 3.05) is 13.3 Å². The molecule has 3 heterocycles. The molecule has 0 saturated heterocycles. The molecule has 0 atom stereocenters. The molecule has 1 saturated carbocycles. The summed E-state index contributed by atoms with van der Waals surface area (Å²) in [6.45, 7) is -0.440. The molecule has 0 unspecified atom stereocenters. The Bertz CT molecular complexity index is 2060. The molecule has 2 aromatic heterocycles. The van der Waals surface area contributed by atoms with Gasteiger partial charge in [-0.25, -0.2) is 23.5 Å². The lowest BCUT2D eigenvalue weighted by atomic mass is 9.95. The van der Waals surface area contributed by atoms with Crippen molar-refractivity contribution >= 4 is 34.4 Å². The summed E-state index contributed by atoms with van der Waals surface area (Å²) >= 11 is 5.83. The molecule has 7 rings (SSSR count). The number of carboxylic acid groups (broad SMARTS) is 1. The van der Waals surface area contributed by atoms with Gasteiger partial charge in [0, 0.05) is 46.2 Å². The quantitative estimate of drug-likeness (QED) is 0.160. The summed E-state index contributed by atoms with van der Waals surface area (Å²) in [5.74, 6) is -2.88. The Balaban J connectivity index is 1.26. The molecule has 1 fully saturated rings. The maximum atomic E-state index is 16.1. The summed E-state index contributed by atoms with van der Waals surface area (Å²) in [5, 5.41) is 9.81. The minimum Gasteiger partial charge on any atom is -0.492 e. The van der Waals surface area contributed by atoms with Gasteiger partial charge in [-0.1, -0.05) is 23.7 Å². The Morgan fingerprint density at radius 1 is 1.04 bits per heavy atom. The van der Waals surface area contributed by atoms with E-state index in [2.05, 4.69) is 9.97 Å². The molecule has 0 spiro atoms. The second kappa shape index (κ2) is 11.5. The van der Waals surface area contributed by atoms with E-state index in [0.717, 1.165) is 0 Å². The third-order valence-electron chi connectivity index (χ3n) is 8.48. The zero-order valence-corrected chi connectivity index (χ0v) is 24.9. The molecular formula is C34H25ClF3N3O5. The molecule has 0 amide bonds. The van der Waals surface area contributed by atoms with Crippen LogP contribution in [0.15, 0.2) is 60.7 Å². The van der Waals surface area contributed by atoms with Crippen molar-refractivity contribution in [1.29, 1.82) is 0 Å². The lowest BCUT2D eigenvalue weighted by molar-refractivity contribution is 0.0696. The fourth-order valence-corrected chi connectivity index (χ4v) is 5.92. The van der Waals surface area contributed by atoms with E-state index in [1.165, 1.54) is 41.0 Å². The first kappa shape index (κ1) is 29.8. The minimum absolute atomic E-state index is 0.0143. The first-order valence-corrected chi connectivity index (χ1v) is 14.9. The maximum Gasteiger partial charge on any atom is 0.335 e. The van der Waals surface area contributed by atoms with Crippen molar-refractivity contribution in [1.82, 2.24) is 14.5 Å². The summed E-state index contributed by atoms with van der Waals surface area (Å²) in [6, 6.07) is 14.5. The number of carboxylic acids is 1. The van der Waals surface area contributed by atoms with Crippen LogP contribution in [-0.2, 0) is 19.6 Å². The van der Waals surface area contributed by atoms with E-state index >= 15 is 4.39 Å². The Labute approximate surface area is 265 Å². The number of aromatic carboxylic acids is 1. The van der Waals surface area contributed by atoms with E-state index in [4.69, 9.17) is 21.1 Å². The zero-order chi connectivity index (χ0) is 32.2. The maximum absolute atomic E-state index is 16.1. The van der Waals surface area contributed by atoms with Gasteiger partial charge in [0.1, 0.15) is 24.0 Å². The van der Waals surface area contributed by atoms with Crippen LogP contribution < -0.4 is 9.47 Å². The number of imidazole rings is 1. The standard InChI is InChI=1S/C34H25ClF3N3O5/c35-20-6-4-19(23(37)13-20)15-46-28-3-1-2-25(39-28)22-14-24(38)29(21-8-11-45-31(21)22)30(42)32-40-26-7-5-18(33(43)44)12-27(26)41(32)17-34(16-36)9-10-34/h1-7,12-14H,8-11,15-17H2,(H,43,44). The second-order valence-corrected chi connectivity index (χ2v) is 12.0. The second-order valence-electron chi connectivity index (χ2n) is 11.6. The van der Waals surface area contributed by atoms with Crippen molar-refractivity contribution in [3.8, 4) is 22.9 Å². The molecule has 0 bridgehead atoms. The highest BCUT2D eigenvalue weighted by atomic mass is 35.5. The smallest absolute Gasteiger partial charge is 0.335 e. The van der Waals surface area contributed by atoms with Gasteiger partial charge in [0.2, 0.25) is 11.7 Å². The number of ketones is 1. The molecule has 1 N–H and O–H groups in total. The predicted octanol–water partition coefficient (Wildman–Crippen LogP) is 7.22. The lowest BCUT2D eigenvalue weighted by Crippen LogP contribution is -2.20. The van der Waals surface area contributed by atoms with Gasteiger partial charge in [-0.2, -0.15) is 0 Å². The van der Waals surface area contributed by atoms with Crippen LogP contribution in [0.25, 0.3) is 22.3 Å². The van der Waals surface area contributed by atoms with E-state index in [0.29, 0.717) is 40.7 Å². The van der Waals surface area contributed by atoms with Crippen molar-refractivity contribution in [3.63, 3.8) is 0 Å². The average Bonchev–Trinajstić information content (AvgIpc) is 3.49. The number of carbonyl (C=O) groups excluding carboxylic acids is 1. The molecular weight excluding hydrogens is 623 g/mol. The van der Waals surface area contributed by atoms with Gasteiger partial charge in [0.05, 0.1) is 41.1 Å². The number of pyridine rings is 1. The Morgan fingerprint density at radius 3 is 2.61 bits per heavy atom. The van der Waals surface area contributed by atoms with Gasteiger partial charge in [0.15, 0.2) is 5.82 Å². The number of hydrogen-bond donors (Lipinski definition) is 1. The number of halogens is 4. The first-order valence-electron chi connectivity index (χ1n) is 14.5. The summed E-state index contributed by atoms with van der Waals surface area (Å²) in [5.41, 5.74) is 1.01. The number of aromatic nitrogens is 3. The summed E-state index contributed by atoms with van der Waals surface area (Å²) < 4.78 is 57.4. The SMILES string of the molecule is O=C(O)c1ccc2nc(C(=O)c3c(F)cc(-c4cccc(OCc5ccc(Cl)cc5F)n4)c4c3CCO4)n(CC3(CF)CC3)c2c1. The number of alkyl halides is 1. The fraction of sp³-hybridized carbons (Fsp3) is 0.235. The Kier molecular flexibility index (Phi) is 7.43. The molecule has 46 heavy (non-hydrogen) atoms. The van der Waals surface area contributed by atoms with Crippen molar-refractivity contribution in [2.45, 2.75) is 32.4 Å². The highest BCUT2D eigenvalue weighted by Gasteiger charge is 2.44. The Hall–Kier alpha value is -4.90. The lowest BCUT2D eigenvalue weighted by Gasteiger charge is -2.17. The topological polar surface area (TPSA) is 104 Å². The molecule has 8 nitrogen and oxygen atoms in total. The first-order chi connectivity index (χ1) is 22.2.